The molecule has 2 aromatic carbocycles. The number of anilines is 1. The first-order valence-electron chi connectivity index (χ1n) is 13.8. The predicted molar refractivity (Wildman–Crippen MR) is 154 cm³/mol. The van der Waals surface area contributed by atoms with Crippen LogP contribution in [0.4, 0.5) is 5.82 Å². The molecule has 2 aliphatic rings. The number of aromatic nitrogens is 4. The molecule has 4 aromatic rings. The molecule has 2 aliphatic heterocycles. The molecule has 2 fully saturated rings. The standard InChI is InChI=1S/C29H34N5O7P/c1-20(14-34-18-33-27-28(30)31-17-32-29(27)34)37-19-42(40-25-15-35-23(38-25)12-21-8-4-2-5-9-21)41-26-16-36-24(39-26)13-22-10-6-3-7-11-22/h2-11,17-18,20,23-26H,12-16,19H2,1H3,(H2,30,31,32)/t20-,23?,24?,25?,26?,42?/m1/s1. The highest BCUT2D eigenvalue weighted by Gasteiger charge is 2.34. The van der Waals surface area contributed by atoms with Crippen molar-refractivity contribution in [3.05, 3.63) is 84.4 Å². The minimum atomic E-state index is -1.58. The molecule has 12 nitrogen and oxygen atoms in total. The lowest BCUT2D eigenvalue weighted by Gasteiger charge is -2.24. The third kappa shape index (κ3) is 7.66. The first kappa shape index (κ1) is 29.0. The van der Waals surface area contributed by atoms with E-state index in [0.717, 1.165) is 11.1 Å². The van der Waals surface area contributed by atoms with Gasteiger partial charge < -0.3 is 34.0 Å². The molecule has 222 valence electrons. The number of ether oxygens (including phenoxy) is 5. The van der Waals surface area contributed by atoms with Crippen molar-refractivity contribution >= 4 is 25.4 Å². The molecule has 2 N–H and O–H groups in total. The maximum atomic E-state index is 6.24. The van der Waals surface area contributed by atoms with E-state index in [4.69, 9.17) is 38.5 Å². The van der Waals surface area contributed by atoms with Crippen LogP contribution in [-0.4, -0.2) is 70.3 Å². The zero-order valence-electron chi connectivity index (χ0n) is 23.2. The zero-order chi connectivity index (χ0) is 28.7. The van der Waals surface area contributed by atoms with Gasteiger partial charge in [-0.05, 0) is 18.1 Å². The van der Waals surface area contributed by atoms with Crippen LogP contribution in [0.5, 0.6) is 0 Å². The highest BCUT2D eigenvalue weighted by atomic mass is 31.2. The van der Waals surface area contributed by atoms with E-state index in [2.05, 4.69) is 15.0 Å². The molecule has 0 radical (unpaired) electrons. The SMILES string of the molecule is C[C@H](Cn1cnc2c(N)ncnc21)OCP(OC1COC(Cc2ccccc2)O1)OC1COC(Cc2ccccc2)O1. The highest BCUT2D eigenvalue weighted by Crippen LogP contribution is 2.44. The van der Waals surface area contributed by atoms with E-state index in [1.807, 2.05) is 72.2 Å². The molecule has 0 saturated carbocycles. The summed E-state index contributed by atoms with van der Waals surface area (Å²) in [4.78, 5) is 12.6. The summed E-state index contributed by atoms with van der Waals surface area (Å²) in [5.74, 6) is 0.339. The molecule has 0 aliphatic carbocycles. The number of hydrogen-bond acceptors (Lipinski definition) is 11. The number of nitrogen functional groups attached to an aromatic ring is 1. The number of nitrogens with two attached hydrogens (primary N) is 1. The molecular formula is C29H34N5O7P. The summed E-state index contributed by atoms with van der Waals surface area (Å²) in [5, 5.41) is 0. The minimum absolute atomic E-state index is 0.187. The van der Waals surface area contributed by atoms with Crippen molar-refractivity contribution in [2.75, 3.05) is 25.3 Å². The summed E-state index contributed by atoms with van der Waals surface area (Å²) in [5.41, 5.74) is 9.38. The molecule has 5 atom stereocenters. The lowest BCUT2D eigenvalue weighted by Crippen LogP contribution is -2.22. The van der Waals surface area contributed by atoms with Crippen molar-refractivity contribution < 1.29 is 32.7 Å². The van der Waals surface area contributed by atoms with Gasteiger partial charge in [0.15, 0.2) is 36.6 Å². The van der Waals surface area contributed by atoms with Crippen molar-refractivity contribution in [1.82, 2.24) is 19.5 Å². The van der Waals surface area contributed by atoms with Crippen LogP contribution in [-0.2, 0) is 52.1 Å². The third-order valence-corrected chi connectivity index (χ3v) is 8.05. The predicted octanol–water partition coefficient (Wildman–Crippen LogP) is 4.00. The van der Waals surface area contributed by atoms with Gasteiger partial charge in [0.25, 0.3) is 0 Å². The molecule has 0 bridgehead atoms. The second-order valence-electron chi connectivity index (χ2n) is 10.0. The van der Waals surface area contributed by atoms with E-state index in [1.54, 1.807) is 6.33 Å². The topological polar surface area (TPSA) is 134 Å². The Kier molecular flexibility index (Phi) is 9.64. The lowest BCUT2D eigenvalue weighted by atomic mass is 10.1. The van der Waals surface area contributed by atoms with Crippen molar-refractivity contribution in [3.8, 4) is 0 Å². The van der Waals surface area contributed by atoms with Crippen molar-refractivity contribution in [2.24, 2.45) is 0 Å². The monoisotopic (exact) mass is 595 g/mol. The van der Waals surface area contributed by atoms with E-state index in [-0.39, 0.29) is 25.7 Å². The summed E-state index contributed by atoms with van der Waals surface area (Å²) in [6, 6.07) is 20.1. The van der Waals surface area contributed by atoms with E-state index in [9.17, 15) is 0 Å². The fourth-order valence-corrected chi connectivity index (χ4v) is 6.00. The average Bonchev–Trinajstić information content (AvgIpc) is 3.74. The van der Waals surface area contributed by atoms with Gasteiger partial charge in [-0.25, -0.2) is 15.0 Å². The van der Waals surface area contributed by atoms with Crippen LogP contribution in [0.3, 0.4) is 0 Å². The Bertz CT molecular complexity index is 1350. The zero-order valence-corrected chi connectivity index (χ0v) is 24.1. The molecule has 2 aromatic heterocycles. The molecule has 0 amide bonds. The van der Waals surface area contributed by atoms with Crippen molar-refractivity contribution in [1.29, 1.82) is 0 Å². The number of hydrogen-bond donors (Lipinski definition) is 1. The normalized spacial score (nSPS) is 23.8. The van der Waals surface area contributed by atoms with Crippen molar-refractivity contribution in [3.63, 3.8) is 0 Å². The molecule has 0 spiro atoms. The summed E-state index contributed by atoms with van der Waals surface area (Å²) < 4.78 is 44.3. The maximum absolute atomic E-state index is 6.24. The second-order valence-corrected chi connectivity index (χ2v) is 11.4. The molecule has 42 heavy (non-hydrogen) atoms. The number of benzene rings is 2. The Morgan fingerprint density at radius 1 is 0.881 bits per heavy atom. The van der Waals surface area contributed by atoms with E-state index in [0.29, 0.717) is 36.4 Å². The molecule has 4 heterocycles. The largest absolute Gasteiger partial charge is 0.382 e. The van der Waals surface area contributed by atoms with Gasteiger partial charge in [0.2, 0.25) is 8.38 Å². The Labute approximate surface area is 244 Å². The molecule has 2 saturated heterocycles. The molecular weight excluding hydrogens is 561 g/mol. The molecule has 13 heteroatoms. The van der Waals surface area contributed by atoms with Gasteiger partial charge in [0.05, 0.1) is 19.0 Å². The summed E-state index contributed by atoms with van der Waals surface area (Å²) in [6.07, 6.45) is 2.33. The Balaban J connectivity index is 1.05. The summed E-state index contributed by atoms with van der Waals surface area (Å²) >= 11 is 0. The molecule has 4 unspecified atom stereocenters. The van der Waals surface area contributed by atoms with Crippen LogP contribution < -0.4 is 5.73 Å². The summed E-state index contributed by atoms with van der Waals surface area (Å²) in [6.45, 7) is 3.03. The fraction of sp³-hybridized carbons (Fsp3) is 0.414. The van der Waals surface area contributed by atoms with Gasteiger partial charge >= 0.3 is 0 Å². The van der Waals surface area contributed by atoms with E-state index in [1.165, 1.54) is 6.33 Å². The Hall–Kier alpha value is -3.06. The van der Waals surface area contributed by atoms with Gasteiger partial charge in [-0.2, -0.15) is 0 Å². The quantitative estimate of drug-likeness (QED) is 0.225. The van der Waals surface area contributed by atoms with Gasteiger partial charge in [-0.3, -0.25) is 9.05 Å². The smallest absolute Gasteiger partial charge is 0.203 e. The lowest BCUT2D eigenvalue weighted by molar-refractivity contribution is -0.121. The van der Waals surface area contributed by atoms with Crippen LogP contribution in [0.1, 0.15) is 18.1 Å². The maximum Gasteiger partial charge on any atom is 0.203 e. The molecule has 6 rings (SSSR count). The van der Waals surface area contributed by atoms with Crippen LogP contribution in [0, 0.1) is 0 Å². The first-order chi connectivity index (χ1) is 20.6. The number of rotatable bonds is 13. The number of nitrogens with zero attached hydrogens (tertiary/aromatic N) is 4. The third-order valence-electron chi connectivity index (χ3n) is 6.75. The van der Waals surface area contributed by atoms with Crippen molar-refractivity contribution in [2.45, 2.75) is 57.6 Å². The number of imidazole rings is 1. The van der Waals surface area contributed by atoms with Gasteiger partial charge in [-0.15, -0.1) is 0 Å². The van der Waals surface area contributed by atoms with Crippen LogP contribution in [0.25, 0.3) is 11.2 Å². The van der Waals surface area contributed by atoms with E-state index >= 15 is 0 Å². The Morgan fingerprint density at radius 3 is 2.07 bits per heavy atom. The van der Waals surface area contributed by atoms with Gasteiger partial charge in [-0.1, -0.05) is 60.7 Å². The second kappa shape index (κ2) is 13.9. The number of fused-ring (bicyclic) bond motifs is 1. The van der Waals surface area contributed by atoms with Gasteiger partial charge in [0.1, 0.15) is 31.4 Å². The minimum Gasteiger partial charge on any atom is -0.382 e. The summed E-state index contributed by atoms with van der Waals surface area (Å²) in [7, 11) is -1.58. The highest BCUT2D eigenvalue weighted by molar-refractivity contribution is 7.47. The van der Waals surface area contributed by atoms with E-state index < -0.39 is 33.5 Å². The van der Waals surface area contributed by atoms with Crippen LogP contribution in [0.15, 0.2) is 73.3 Å². The van der Waals surface area contributed by atoms with Gasteiger partial charge in [0, 0.05) is 12.8 Å². The fourth-order valence-electron chi connectivity index (χ4n) is 4.70. The first-order valence-corrected chi connectivity index (χ1v) is 15.2. The van der Waals surface area contributed by atoms with Crippen LogP contribution >= 0.6 is 8.38 Å². The average molecular weight is 596 g/mol. The van der Waals surface area contributed by atoms with Crippen LogP contribution in [0.2, 0.25) is 0 Å². The Morgan fingerprint density at radius 2 is 1.48 bits per heavy atom.